The minimum atomic E-state index is -0.676. The number of carbonyl (C=O) groups is 2. The van der Waals surface area contributed by atoms with Gasteiger partial charge in [0, 0.05) is 13.1 Å². The fourth-order valence-corrected chi connectivity index (χ4v) is 6.69. The van der Waals surface area contributed by atoms with Crippen molar-refractivity contribution >= 4 is 11.9 Å². The van der Waals surface area contributed by atoms with E-state index in [4.69, 9.17) is 4.74 Å². The smallest absolute Gasteiger partial charge is 0.312 e. The van der Waals surface area contributed by atoms with Gasteiger partial charge in [-0.25, -0.2) is 0 Å². The molecule has 1 saturated heterocycles. The van der Waals surface area contributed by atoms with Crippen LogP contribution in [0.5, 0.6) is 0 Å². The molecule has 4 saturated carbocycles. The lowest BCUT2D eigenvalue weighted by atomic mass is 9.48. The zero-order chi connectivity index (χ0) is 17.8. The summed E-state index contributed by atoms with van der Waals surface area (Å²) in [5.74, 6) is 1.57. The first-order chi connectivity index (χ1) is 11.8. The molecular weight excluding hydrogens is 318 g/mol. The predicted molar refractivity (Wildman–Crippen MR) is 92.5 cm³/mol. The molecule has 5 rings (SSSR count). The minimum Gasteiger partial charge on any atom is -0.455 e. The number of rotatable bonds is 3. The normalized spacial score (nSPS) is 45.5. The van der Waals surface area contributed by atoms with Crippen LogP contribution in [0.25, 0.3) is 0 Å². The monoisotopic (exact) mass is 349 g/mol. The molecule has 1 aliphatic heterocycles. The van der Waals surface area contributed by atoms with Crippen molar-refractivity contribution in [2.45, 2.75) is 64.4 Å². The van der Waals surface area contributed by atoms with Gasteiger partial charge in [0.1, 0.15) is 0 Å². The first-order valence-corrected chi connectivity index (χ1v) is 9.94. The molecule has 1 N–H and O–H groups in total. The van der Waals surface area contributed by atoms with E-state index in [1.807, 2.05) is 4.90 Å². The van der Waals surface area contributed by atoms with Gasteiger partial charge >= 0.3 is 5.97 Å². The van der Waals surface area contributed by atoms with E-state index in [1.54, 1.807) is 0 Å². The summed E-state index contributed by atoms with van der Waals surface area (Å²) < 4.78 is 5.52. The van der Waals surface area contributed by atoms with E-state index in [9.17, 15) is 14.7 Å². The van der Waals surface area contributed by atoms with Crippen LogP contribution in [-0.4, -0.2) is 47.2 Å². The lowest BCUT2D eigenvalue weighted by molar-refractivity contribution is -0.197. The minimum absolute atomic E-state index is 0.0739. The quantitative estimate of drug-likeness (QED) is 0.795. The maximum absolute atomic E-state index is 12.9. The molecule has 4 atom stereocenters. The number of hydrogen-bond acceptors (Lipinski definition) is 4. The highest BCUT2D eigenvalue weighted by Gasteiger charge is 2.60. The van der Waals surface area contributed by atoms with Crippen LogP contribution < -0.4 is 0 Å². The molecule has 4 aliphatic carbocycles. The van der Waals surface area contributed by atoms with Crippen molar-refractivity contribution in [1.82, 2.24) is 4.90 Å². The van der Waals surface area contributed by atoms with E-state index in [2.05, 4.69) is 13.8 Å². The van der Waals surface area contributed by atoms with Crippen LogP contribution in [0, 0.1) is 29.1 Å². The van der Waals surface area contributed by atoms with Gasteiger partial charge in [-0.15, -0.1) is 0 Å². The van der Waals surface area contributed by atoms with Crippen LogP contribution in [0.1, 0.15) is 58.8 Å². The van der Waals surface area contributed by atoms with E-state index in [1.165, 1.54) is 0 Å². The van der Waals surface area contributed by atoms with Gasteiger partial charge in [-0.3, -0.25) is 9.59 Å². The fourth-order valence-electron chi connectivity index (χ4n) is 6.69. The average Bonchev–Trinajstić information content (AvgIpc) is 2.48. The number of esters is 1. The highest BCUT2D eigenvalue weighted by molar-refractivity contribution is 5.83. The molecule has 1 heterocycles. The summed E-state index contributed by atoms with van der Waals surface area (Å²) in [6.45, 7) is 5.70. The van der Waals surface area contributed by atoms with Gasteiger partial charge in [-0.05, 0) is 68.6 Å². The Balaban J connectivity index is 1.37. The van der Waals surface area contributed by atoms with Crippen molar-refractivity contribution in [3.63, 3.8) is 0 Å². The van der Waals surface area contributed by atoms with Crippen molar-refractivity contribution in [1.29, 1.82) is 0 Å². The topological polar surface area (TPSA) is 66.8 Å². The molecule has 5 heteroatoms. The highest BCUT2D eigenvalue weighted by atomic mass is 16.5. The molecule has 0 aromatic heterocycles. The third kappa shape index (κ3) is 3.20. The number of amides is 1. The lowest BCUT2D eigenvalue weighted by Crippen LogP contribution is -2.58. The van der Waals surface area contributed by atoms with E-state index >= 15 is 0 Å². The Kier molecular flexibility index (Phi) is 4.13. The Morgan fingerprint density at radius 3 is 2.20 bits per heavy atom. The van der Waals surface area contributed by atoms with E-state index in [-0.39, 0.29) is 18.5 Å². The van der Waals surface area contributed by atoms with Gasteiger partial charge < -0.3 is 14.7 Å². The Labute approximate surface area is 150 Å². The van der Waals surface area contributed by atoms with Crippen molar-refractivity contribution in [2.24, 2.45) is 29.1 Å². The summed E-state index contributed by atoms with van der Waals surface area (Å²) in [4.78, 5) is 27.2. The molecule has 5 aliphatic rings. The number of nitrogens with zero attached hydrogens (tertiary/aromatic N) is 1. The molecule has 5 fully saturated rings. The number of likely N-dealkylation sites (tertiary alicyclic amines) is 1. The zero-order valence-electron chi connectivity index (χ0n) is 15.5. The van der Waals surface area contributed by atoms with E-state index in [0.29, 0.717) is 30.1 Å². The SMILES string of the molecule is CC1CC(C)CN(C(=O)COC(=O)C23CC4CC(CC(O)(C4)C2)C3)C1. The zero-order valence-corrected chi connectivity index (χ0v) is 15.5. The van der Waals surface area contributed by atoms with Crippen LogP contribution in [-0.2, 0) is 14.3 Å². The fraction of sp³-hybridized carbons (Fsp3) is 0.900. The number of carbonyl (C=O) groups excluding carboxylic acids is 2. The Morgan fingerprint density at radius 1 is 1.04 bits per heavy atom. The van der Waals surface area contributed by atoms with Crippen LogP contribution in [0.15, 0.2) is 0 Å². The molecule has 0 aromatic rings. The van der Waals surface area contributed by atoms with Crippen molar-refractivity contribution in [2.75, 3.05) is 19.7 Å². The number of hydrogen-bond donors (Lipinski definition) is 1. The second-order valence-corrected chi connectivity index (χ2v) is 9.79. The second kappa shape index (κ2) is 5.97. The lowest BCUT2D eigenvalue weighted by Gasteiger charge is -2.58. The van der Waals surface area contributed by atoms with Crippen LogP contribution in [0.3, 0.4) is 0 Å². The number of ether oxygens (including phenoxy) is 1. The van der Waals surface area contributed by atoms with Gasteiger partial charge in [-0.1, -0.05) is 13.8 Å². The molecule has 5 nitrogen and oxygen atoms in total. The number of aliphatic hydroxyl groups is 1. The molecule has 1 amide bonds. The molecule has 0 aromatic carbocycles. The van der Waals surface area contributed by atoms with Gasteiger partial charge in [-0.2, -0.15) is 0 Å². The predicted octanol–water partition coefficient (Wildman–Crippen LogP) is 2.37. The van der Waals surface area contributed by atoms with E-state index in [0.717, 1.165) is 51.6 Å². The summed E-state index contributed by atoms with van der Waals surface area (Å²) in [5.41, 5.74) is -1.22. The molecule has 25 heavy (non-hydrogen) atoms. The van der Waals surface area contributed by atoms with Gasteiger partial charge in [0.15, 0.2) is 6.61 Å². The standard InChI is InChI=1S/C20H31NO4/c1-13-3-14(2)10-21(9-13)17(22)11-25-18(23)19-5-15-4-16(6-19)8-20(24,7-15)12-19/h13-16,24H,3-12H2,1-2H3. The van der Waals surface area contributed by atoms with Crippen molar-refractivity contribution in [3.8, 4) is 0 Å². The molecule has 140 valence electrons. The third-order valence-corrected chi connectivity index (χ3v) is 7.01. The Hall–Kier alpha value is -1.10. The van der Waals surface area contributed by atoms with Crippen molar-refractivity contribution in [3.05, 3.63) is 0 Å². The third-order valence-electron chi connectivity index (χ3n) is 7.01. The van der Waals surface area contributed by atoms with Crippen molar-refractivity contribution < 1.29 is 19.4 Å². The van der Waals surface area contributed by atoms with Crippen LogP contribution in [0.4, 0.5) is 0 Å². The molecular formula is C20H31NO4. The summed E-state index contributed by atoms with van der Waals surface area (Å²) >= 11 is 0. The summed E-state index contributed by atoms with van der Waals surface area (Å²) in [6, 6.07) is 0. The Morgan fingerprint density at radius 2 is 1.64 bits per heavy atom. The molecule has 0 spiro atoms. The van der Waals surface area contributed by atoms with Crippen LogP contribution in [0.2, 0.25) is 0 Å². The maximum Gasteiger partial charge on any atom is 0.312 e. The molecule has 4 bridgehead atoms. The van der Waals surface area contributed by atoms with Gasteiger partial charge in [0.05, 0.1) is 11.0 Å². The second-order valence-electron chi connectivity index (χ2n) is 9.79. The van der Waals surface area contributed by atoms with Gasteiger partial charge in [0.2, 0.25) is 0 Å². The summed E-state index contributed by atoms with van der Waals surface area (Å²) in [5, 5.41) is 10.8. The molecule has 0 radical (unpaired) electrons. The van der Waals surface area contributed by atoms with E-state index < -0.39 is 11.0 Å². The van der Waals surface area contributed by atoms with Crippen LogP contribution >= 0.6 is 0 Å². The maximum atomic E-state index is 12.9. The first-order valence-electron chi connectivity index (χ1n) is 9.94. The summed E-state index contributed by atoms with van der Waals surface area (Å²) in [6.07, 6.45) is 6.14. The number of piperidine rings is 1. The largest absolute Gasteiger partial charge is 0.455 e. The molecule has 4 unspecified atom stereocenters. The Bertz CT molecular complexity index is 550. The average molecular weight is 349 g/mol. The highest BCUT2D eigenvalue weighted by Crippen LogP contribution is 2.61. The van der Waals surface area contributed by atoms with Gasteiger partial charge in [0.25, 0.3) is 5.91 Å². The summed E-state index contributed by atoms with van der Waals surface area (Å²) in [7, 11) is 0. The first kappa shape index (κ1) is 17.3.